The first-order valence-electron chi connectivity index (χ1n) is 11.0. The van der Waals surface area contributed by atoms with E-state index in [2.05, 4.69) is 39.0 Å². The van der Waals surface area contributed by atoms with E-state index in [0.29, 0.717) is 13.2 Å². The summed E-state index contributed by atoms with van der Waals surface area (Å²) < 4.78 is 19.1. The van der Waals surface area contributed by atoms with Crippen LogP contribution in [0.4, 0.5) is 0 Å². The van der Waals surface area contributed by atoms with E-state index in [-0.39, 0.29) is 28.0 Å². The molecule has 0 unspecified atom stereocenters. The summed E-state index contributed by atoms with van der Waals surface area (Å²) in [4.78, 5) is 12.4. The standard InChI is InChI=1S/C24H37ClN2O4Si/c1-23(2,3)27-22(28)21(25)20(16-26-27)30-17-18-10-12-19(13-11-18)29-14-9-15-31-32(7,8)24(4,5)6/h10-13,16H,9,14-15,17H2,1-8H3. The summed E-state index contributed by atoms with van der Waals surface area (Å²) in [6.45, 7) is 18.5. The highest BCUT2D eigenvalue weighted by Crippen LogP contribution is 2.36. The molecule has 6 nitrogen and oxygen atoms in total. The molecule has 0 amide bonds. The second kappa shape index (κ2) is 10.4. The van der Waals surface area contributed by atoms with Crippen molar-refractivity contribution in [2.75, 3.05) is 13.2 Å². The summed E-state index contributed by atoms with van der Waals surface area (Å²) in [5, 5.41) is 4.43. The molecule has 1 aromatic heterocycles. The Morgan fingerprint density at radius 1 is 1.00 bits per heavy atom. The third kappa shape index (κ3) is 7.09. The molecule has 0 N–H and O–H groups in total. The highest BCUT2D eigenvalue weighted by atomic mass is 35.5. The van der Waals surface area contributed by atoms with Crippen molar-refractivity contribution in [3.05, 3.63) is 51.4 Å². The SMILES string of the molecule is CC(C)(C)n1ncc(OCc2ccc(OCCCO[Si](C)(C)C(C)(C)C)cc2)c(Cl)c1=O. The lowest BCUT2D eigenvalue weighted by molar-refractivity contribution is 0.233. The highest BCUT2D eigenvalue weighted by molar-refractivity contribution is 6.74. The van der Waals surface area contributed by atoms with Crippen LogP contribution in [-0.2, 0) is 16.6 Å². The number of halogens is 1. The average molecular weight is 481 g/mol. The lowest BCUT2D eigenvalue weighted by atomic mass is 10.1. The number of hydrogen-bond donors (Lipinski definition) is 0. The van der Waals surface area contributed by atoms with Gasteiger partial charge >= 0.3 is 0 Å². The highest BCUT2D eigenvalue weighted by Gasteiger charge is 2.36. The molecule has 0 saturated heterocycles. The van der Waals surface area contributed by atoms with Crippen LogP contribution in [0.1, 0.15) is 53.5 Å². The van der Waals surface area contributed by atoms with Crippen LogP contribution >= 0.6 is 11.6 Å². The molecular weight excluding hydrogens is 444 g/mol. The van der Waals surface area contributed by atoms with Gasteiger partial charge in [-0.3, -0.25) is 4.79 Å². The van der Waals surface area contributed by atoms with Crippen LogP contribution in [0.25, 0.3) is 0 Å². The van der Waals surface area contributed by atoms with Gasteiger partial charge in [-0.15, -0.1) is 0 Å². The third-order valence-corrected chi connectivity index (χ3v) is 10.6. The molecule has 0 aliphatic carbocycles. The summed E-state index contributed by atoms with van der Waals surface area (Å²) in [6.07, 6.45) is 2.33. The minimum absolute atomic E-state index is 0.0368. The second-order valence-electron chi connectivity index (χ2n) is 10.5. The van der Waals surface area contributed by atoms with E-state index < -0.39 is 13.9 Å². The summed E-state index contributed by atoms with van der Waals surface area (Å²) in [5.74, 6) is 1.08. The number of rotatable bonds is 9. The van der Waals surface area contributed by atoms with Gasteiger partial charge in [0.25, 0.3) is 5.56 Å². The van der Waals surface area contributed by atoms with Gasteiger partial charge in [0.05, 0.1) is 18.3 Å². The Morgan fingerprint density at radius 3 is 2.19 bits per heavy atom. The predicted molar refractivity (Wildman–Crippen MR) is 133 cm³/mol. The van der Waals surface area contributed by atoms with E-state index in [4.69, 9.17) is 25.5 Å². The molecule has 0 spiro atoms. The Balaban J connectivity index is 1.83. The summed E-state index contributed by atoms with van der Waals surface area (Å²) in [5.41, 5.74) is 0.124. The maximum Gasteiger partial charge on any atom is 0.289 e. The molecule has 178 valence electrons. The van der Waals surface area contributed by atoms with Gasteiger partial charge in [0, 0.05) is 13.0 Å². The van der Waals surface area contributed by atoms with Gasteiger partial charge in [-0.25, -0.2) is 4.68 Å². The van der Waals surface area contributed by atoms with Crippen LogP contribution in [0.3, 0.4) is 0 Å². The number of nitrogens with zero attached hydrogens (tertiary/aromatic N) is 2. The lowest BCUT2D eigenvalue weighted by Gasteiger charge is -2.36. The number of aromatic nitrogens is 2. The lowest BCUT2D eigenvalue weighted by Crippen LogP contribution is -2.41. The van der Waals surface area contributed by atoms with Crippen molar-refractivity contribution in [2.45, 2.75) is 78.2 Å². The number of benzene rings is 1. The zero-order valence-corrected chi connectivity index (χ0v) is 22.4. The fourth-order valence-corrected chi connectivity index (χ4v) is 3.90. The molecule has 0 saturated carbocycles. The van der Waals surface area contributed by atoms with Gasteiger partial charge in [0.2, 0.25) is 0 Å². The molecule has 2 rings (SSSR count). The van der Waals surface area contributed by atoms with Crippen molar-refractivity contribution in [3.8, 4) is 11.5 Å². The molecule has 32 heavy (non-hydrogen) atoms. The minimum Gasteiger partial charge on any atom is -0.494 e. The molecular formula is C24H37ClN2O4Si. The first-order valence-corrected chi connectivity index (χ1v) is 14.3. The zero-order chi connectivity index (χ0) is 24.2. The van der Waals surface area contributed by atoms with E-state index in [1.165, 1.54) is 10.9 Å². The molecule has 0 aliphatic rings. The van der Waals surface area contributed by atoms with Crippen molar-refractivity contribution in [1.29, 1.82) is 0 Å². The van der Waals surface area contributed by atoms with Gasteiger partial charge < -0.3 is 13.9 Å². The van der Waals surface area contributed by atoms with Crippen LogP contribution in [-0.4, -0.2) is 31.3 Å². The summed E-state index contributed by atoms with van der Waals surface area (Å²) in [7, 11) is -1.70. The molecule has 2 aromatic rings. The smallest absolute Gasteiger partial charge is 0.289 e. The zero-order valence-electron chi connectivity index (χ0n) is 20.6. The second-order valence-corrected chi connectivity index (χ2v) is 15.6. The van der Waals surface area contributed by atoms with Gasteiger partial charge in [0.1, 0.15) is 12.4 Å². The molecule has 0 bridgehead atoms. The number of ether oxygens (including phenoxy) is 2. The average Bonchev–Trinajstić information content (AvgIpc) is 2.68. The van der Waals surface area contributed by atoms with Crippen molar-refractivity contribution in [2.24, 2.45) is 0 Å². The first-order chi connectivity index (χ1) is 14.7. The van der Waals surface area contributed by atoms with E-state index in [9.17, 15) is 4.79 Å². The van der Waals surface area contributed by atoms with Crippen molar-refractivity contribution in [3.63, 3.8) is 0 Å². The monoisotopic (exact) mass is 480 g/mol. The van der Waals surface area contributed by atoms with Crippen LogP contribution in [0, 0.1) is 0 Å². The normalized spacial score (nSPS) is 12.7. The summed E-state index contributed by atoms with van der Waals surface area (Å²) in [6, 6.07) is 7.67. The van der Waals surface area contributed by atoms with Crippen LogP contribution in [0.5, 0.6) is 11.5 Å². The van der Waals surface area contributed by atoms with E-state index in [1.54, 1.807) is 0 Å². The Labute approximate surface area is 198 Å². The van der Waals surface area contributed by atoms with Crippen molar-refractivity contribution >= 4 is 19.9 Å². The van der Waals surface area contributed by atoms with E-state index in [1.807, 2.05) is 45.0 Å². The molecule has 0 aliphatic heterocycles. The van der Waals surface area contributed by atoms with Crippen LogP contribution in [0.2, 0.25) is 23.2 Å². The first kappa shape index (κ1) is 26.4. The molecule has 0 radical (unpaired) electrons. The predicted octanol–water partition coefficient (Wildman–Crippen LogP) is 6.02. The fourth-order valence-electron chi connectivity index (χ4n) is 2.63. The van der Waals surface area contributed by atoms with Gasteiger partial charge in [0.15, 0.2) is 19.1 Å². The molecule has 8 heteroatoms. The third-order valence-electron chi connectivity index (χ3n) is 5.67. The summed E-state index contributed by atoms with van der Waals surface area (Å²) >= 11 is 6.21. The van der Waals surface area contributed by atoms with Crippen LogP contribution < -0.4 is 15.0 Å². The molecule has 0 atom stereocenters. The van der Waals surface area contributed by atoms with Gasteiger partial charge in [-0.1, -0.05) is 44.5 Å². The van der Waals surface area contributed by atoms with Crippen molar-refractivity contribution in [1.82, 2.24) is 9.78 Å². The molecule has 1 heterocycles. The Hall–Kier alpha value is -1.83. The van der Waals surface area contributed by atoms with E-state index in [0.717, 1.165) is 17.7 Å². The van der Waals surface area contributed by atoms with E-state index >= 15 is 0 Å². The van der Waals surface area contributed by atoms with Gasteiger partial charge in [-0.05, 0) is 56.6 Å². The Bertz CT molecular complexity index is 944. The molecule has 1 aromatic carbocycles. The topological polar surface area (TPSA) is 62.6 Å². The Morgan fingerprint density at radius 2 is 1.62 bits per heavy atom. The van der Waals surface area contributed by atoms with Gasteiger partial charge in [-0.2, -0.15) is 5.10 Å². The maximum atomic E-state index is 12.4. The van der Waals surface area contributed by atoms with Crippen LogP contribution in [0.15, 0.2) is 35.3 Å². The van der Waals surface area contributed by atoms with Crippen molar-refractivity contribution < 1.29 is 13.9 Å². The fraction of sp³-hybridized carbons (Fsp3) is 0.583. The largest absolute Gasteiger partial charge is 0.494 e. The molecule has 0 fully saturated rings. The Kier molecular flexibility index (Phi) is 8.59. The minimum atomic E-state index is -1.70. The maximum absolute atomic E-state index is 12.4. The number of hydrogen-bond acceptors (Lipinski definition) is 5. The quantitative estimate of drug-likeness (QED) is 0.324.